The molecule has 8 heavy (non-hydrogen) atoms. The average molecular weight is 114 g/mol. The number of hydrogen-bond donors (Lipinski definition) is 2. The fourth-order valence-electron chi connectivity index (χ4n) is 0.469. The maximum Gasteiger partial charge on any atom is 0.0153 e. The van der Waals surface area contributed by atoms with Gasteiger partial charge in [0.15, 0.2) is 0 Å². The Bertz CT molecular complexity index is 52.5. The molecule has 2 nitrogen and oxygen atoms in total. The first kappa shape index (κ1) is 7.50. The zero-order chi connectivity index (χ0) is 6.24. The Labute approximate surface area is 51.0 Å². The van der Waals surface area contributed by atoms with Crippen molar-refractivity contribution in [3.8, 4) is 0 Å². The van der Waals surface area contributed by atoms with Crippen molar-refractivity contribution < 1.29 is 0 Å². The predicted molar refractivity (Wildman–Crippen MR) is 36.7 cm³/mol. The quantitative estimate of drug-likeness (QED) is 0.503. The summed E-state index contributed by atoms with van der Waals surface area (Å²) in [5.41, 5.74) is 0. The Morgan fingerprint density at radius 1 is 1.50 bits per heavy atom. The first-order valence-corrected chi connectivity index (χ1v) is 2.90. The third kappa shape index (κ3) is 5.50. The first-order valence-electron chi connectivity index (χ1n) is 2.90. The second kappa shape index (κ2) is 6.50. The highest BCUT2D eigenvalue weighted by Gasteiger charge is 1.78. The minimum absolute atomic E-state index is 1.02. The molecule has 0 aliphatic carbocycles. The predicted octanol–water partition coefficient (Wildman–Crippen LogP) is 0.329. The van der Waals surface area contributed by atoms with E-state index in [2.05, 4.69) is 17.2 Å². The van der Waals surface area contributed by atoms with Crippen LogP contribution in [0.25, 0.3) is 0 Å². The highest BCUT2D eigenvalue weighted by Crippen LogP contribution is 1.69. The van der Waals surface area contributed by atoms with Crippen molar-refractivity contribution in [3.05, 3.63) is 12.8 Å². The Morgan fingerprint density at radius 3 is 2.75 bits per heavy atom. The van der Waals surface area contributed by atoms with Gasteiger partial charge in [0.05, 0.1) is 0 Å². The van der Waals surface area contributed by atoms with Gasteiger partial charge in [-0.05, 0) is 26.2 Å². The van der Waals surface area contributed by atoms with Gasteiger partial charge in [0.25, 0.3) is 0 Å². The van der Waals surface area contributed by atoms with Crippen LogP contribution in [0.1, 0.15) is 6.42 Å². The molecule has 0 unspecified atom stereocenters. The molecular weight excluding hydrogens is 100 g/mol. The molecule has 0 heterocycles. The molecule has 0 radical (unpaired) electrons. The molecule has 0 aliphatic heterocycles. The van der Waals surface area contributed by atoms with E-state index in [4.69, 9.17) is 0 Å². The van der Waals surface area contributed by atoms with Crippen molar-refractivity contribution in [1.29, 1.82) is 0 Å². The molecule has 0 bridgehead atoms. The van der Waals surface area contributed by atoms with Crippen LogP contribution >= 0.6 is 0 Å². The van der Waals surface area contributed by atoms with Gasteiger partial charge in [0.2, 0.25) is 0 Å². The highest BCUT2D eigenvalue weighted by atomic mass is 14.8. The van der Waals surface area contributed by atoms with Crippen LogP contribution in [0.3, 0.4) is 0 Å². The van der Waals surface area contributed by atoms with Crippen LogP contribution in [0, 0.1) is 0 Å². The van der Waals surface area contributed by atoms with Crippen molar-refractivity contribution >= 4 is 0 Å². The molecule has 2 N–H and O–H groups in total. The Kier molecular flexibility index (Phi) is 6.09. The summed E-state index contributed by atoms with van der Waals surface area (Å²) in [4.78, 5) is 0. The third-order valence-corrected chi connectivity index (χ3v) is 0.892. The van der Waals surface area contributed by atoms with Gasteiger partial charge in [-0.2, -0.15) is 0 Å². The van der Waals surface area contributed by atoms with Crippen LogP contribution in [0.4, 0.5) is 0 Å². The van der Waals surface area contributed by atoms with Gasteiger partial charge in [-0.1, -0.05) is 6.58 Å². The van der Waals surface area contributed by atoms with Gasteiger partial charge in [0.1, 0.15) is 0 Å². The number of nitrogens with one attached hydrogen (secondary N) is 2. The molecule has 0 aromatic heterocycles. The summed E-state index contributed by atoms with van der Waals surface area (Å²) in [6, 6.07) is 0. The number of rotatable bonds is 5. The summed E-state index contributed by atoms with van der Waals surface area (Å²) in [6.07, 6.45) is 2.87. The molecule has 0 aliphatic rings. The topological polar surface area (TPSA) is 24.1 Å². The Morgan fingerprint density at radius 2 is 2.25 bits per heavy atom. The molecule has 0 atom stereocenters. The van der Waals surface area contributed by atoms with E-state index in [-0.39, 0.29) is 0 Å². The smallest absolute Gasteiger partial charge is 0.0153 e. The van der Waals surface area contributed by atoms with Gasteiger partial charge in [0, 0.05) is 6.54 Å². The third-order valence-electron chi connectivity index (χ3n) is 0.892. The van der Waals surface area contributed by atoms with Crippen molar-refractivity contribution in [2.75, 3.05) is 20.1 Å². The summed E-state index contributed by atoms with van der Waals surface area (Å²) in [7, 11) is 1.95. The van der Waals surface area contributed by atoms with E-state index in [0.717, 1.165) is 19.5 Å². The summed E-state index contributed by atoms with van der Waals surface area (Å²) in [5, 5.41) is 6.06. The fourth-order valence-corrected chi connectivity index (χ4v) is 0.469. The van der Waals surface area contributed by atoms with Crippen molar-refractivity contribution in [1.82, 2.24) is 10.6 Å². The van der Waals surface area contributed by atoms with Crippen LogP contribution in [0.2, 0.25) is 0 Å². The molecule has 48 valence electrons. The van der Waals surface area contributed by atoms with Gasteiger partial charge in [-0.25, -0.2) is 0 Å². The minimum Gasteiger partial charge on any atom is -0.391 e. The van der Waals surface area contributed by atoms with Crippen molar-refractivity contribution in [3.63, 3.8) is 0 Å². The first-order chi connectivity index (χ1) is 3.91. The van der Waals surface area contributed by atoms with Gasteiger partial charge >= 0.3 is 0 Å². The molecule has 0 amide bonds. The number of hydrogen-bond acceptors (Lipinski definition) is 2. The normalized spacial score (nSPS) is 8.62. The lowest BCUT2D eigenvalue weighted by Gasteiger charge is -1.97. The molecular formula is C6H14N2. The summed E-state index contributed by atoms with van der Waals surface area (Å²) in [6.45, 7) is 5.62. The lowest BCUT2D eigenvalue weighted by Crippen LogP contribution is -2.14. The maximum absolute atomic E-state index is 3.53. The van der Waals surface area contributed by atoms with Crippen LogP contribution in [0.5, 0.6) is 0 Å². The van der Waals surface area contributed by atoms with E-state index >= 15 is 0 Å². The molecule has 0 fully saturated rings. The molecule has 0 aromatic carbocycles. The second-order valence-electron chi connectivity index (χ2n) is 1.62. The van der Waals surface area contributed by atoms with E-state index in [0.29, 0.717) is 0 Å². The second-order valence-corrected chi connectivity index (χ2v) is 1.62. The molecule has 0 saturated carbocycles. The maximum atomic E-state index is 3.53. The van der Waals surface area contributed by atoms with Crippen LogP contribution in [0.15, 0.2) is 12.8 Å². The molecule has 0 aromatic rings. The van der Waals surface area contributed by atoms with E-state index in [1.54, 1.807) is 6.20 Å². The van der Waals surface area contributed by atoms with E-state index in [1.807, 2.05) is 7.05 Å². The van der Waals surface area contributed by atoms with Crippen molar-refractivity contribution in [2.24, 2.45) is 0 Å². The average Bonchev–Trinajstić information content (AvgIpc) is 1.81. The van der Waals surface area contributed by atoms with Crippen LogP contribution < -0.4 is 10.6 Å². The van der Waals surface area contributed by atoms with Crippen LogP contribution in [-0.2, 0) is 0 Å². The fraction of sp³-hybridized carbons (Fsp3) is 0.667. The largest absolute Gasteiger partial charge is 0.391 e. The Balaban J connectivity index is 2.62. The van der Waals surface area contributed by atoms with Gasteiger partial charge in [-0.15, -0.1) is 0 Å². The van der Waals surface area contributed by atoms with Gasteiger partial charge < -0.3 is 10.6 Å². The zero-order valence-corrected chi connectivity index (χ0v) is 5.41. The molecule has 0 rings (SSSR count). The van der Waals surface area contributed by atoms with E-state index < -0.39 is 0 Å². The monoisotopic (exact) mass is 114 g/mol. The SMILES string of the molecule is C=CNCCCNC. The van der Waals surface area contributed by atoms with E-state index in [1.165, 1.54) is 0 Å². The van der Waals surface area contributed by atoms with Gasteiger partial charge in [-0.3, -0.25) is 0 Å². The van der Waals surface area contributed by atoms with Crippen molar-refractivity contribution in [2.45, 2.75) is 6.42 Å². The van der Waals surface area contributed by atoms with E-state index in [9.17, 15) is 0 Å². The summed E-state index contributed by atoms with van der Waals surface area (Å²) >= 11 is 0. The zero-order valence-electron chi connectivity index (χ0n) is 5.41. The minimum atomic E-state index is 1.02. The molecule has 0 saturated heterocycles. The summed E-state index contributed by atoms with van der Waals surface area (Å²) < 4.78 is 0. The Hall–Kier alpha value is -0.500. The lowest BCUT2D eigenvalue weighted by atomic mass is 10.4. The summed E-state index contributed by atoms with van der Waals surface area (Å²) in [5.74, 6) is 0. The molecule has 0 spiro atoms. The lowest BCUT2D eigenvalue weighted by molar-refractivity contribution is 0.692. The standard InChI is InChI=1S/C6H14N2/c1-3-8-6-4-5-7-2/h3,7-8H,1,4-6H2,2H3. The molecule has 2 heteroatoms. The van der Waals surface area contributed by atoms with Crippen LogP contribution in [-0.4, -0.2) is 20.1 Å². The highest BCUT2D eigenvalue weighted by molar-refractivity contribution is 4.62.